The smallest absolute Gasteiger partial charge is 0.330 e. The molecular weight excluding hydrogens is 298 g/mol. The molecule has 1 fully saturated rings. The molecule has 0 aliphatic carbocycles. The van der Waals surface area contributed by atoms with Crippen LogP contribution in [0.5, 0.6) is 0 Å². The minimum atomic E-state index is -0.584. The molecule has 0 aromatic heterocycles. The van der Waals surface area contributed by atoms with Gasteiger partial charge in [-0.05, 0) is 17.9 Å². The van der Waals surface area contributed by atoms with Gasteiger partial charge in [0, 0.05) is 0 Å². The summed E-state index contributed by atoms with van der Waals surface area (Å²) in [5, 5.41) is -0.178. The average Bonchev–Trinajstić information content (AvgIpc) is 2.86. The van der Waals surface area contributed by atoms with Crippen LogP contribution in [0.25, 0.3) is 0 Å². The van der Waals surface area contributed by atoms with Gasteiger partial charge in [-0.1, -0.05) is 50.6 Å². The van der Waals surface area contributed by atoms with E-state index in [0.29, 0.717) is 0 Å². The Balaban J connectivity index is 2.44. The van der Waals surface area contributed by atoms with Crippen LogP contribution in [0.2, 0.25) is 0 Å². The zero-order chi connectivity index (χ0) is 16.5. The van der Waals surface area contributed by atoms with Gasteiger partial charge in [0.2, 0.25) is 6.41 Å². The number of ether oxygens (including phenoxy) is 1. The maximum Gasteiger partial charge on any atom is 0.330 e. The van der Waals surface area contributed by atoms with Gasteiger partial charge < -0.3 is 9.64 Å². The lowest BCUT2D eigenvalue weighted by Gasteiger charge is -2.33. The predicted octanol–water partition coefficient (Wildman–Crippen LogP) is 3.16. The first-order chi connectivity index (χ1) is 10.3. The number of esters is 1. The third-order valence-electron chi connectivity index (χ3n) is 3.87. The highest BCUT2D eigenvalue weighted by Gasteiger charge is 2.50. The topological polar surface area (TPSA) is 46.6 Å². The van der Waals surface area contributed by atoms with Crippen molar-refractivity contribution in [3.05, 3.63) is 35.4 Å². The Morgan fingerprint density at radius 2 is 1.86 bits per heavy atom. The highest BCUT2D eigenvalue weighted by Crippen LogP contribution is 2.51. The summed E-state index contributed by atoms with van der Waals surface area (Å²) in [5.74, 6) is -0.364. The van der Waals surface area contributed by atoms with E-state index in [1.54, 1.807) is 16.7 Å². The van der Waals surface area contributed by atoms with E-state index in [9.17, 15) is 9.59 Å². The Kier molecular flexibility index (Phi) is 4.85. The van der Waals surface area contributed by atoms with Gasteiger partial charge in [-0.2, -0.15) is 0 Å². The minimum absolute atomic E-state index is 0.0691. The first-order valence-electron chi connectivity index (χ1n) is 7.32. The van der Waals surface area contributed by atoms with Crippen molar-refractivity contribution < 1.29 is 14.3 Å². The van der Waals surface area contributed by atoms with Crippen LogP contribution in [0, 0.1) is 12.3 Å². The van der Waals surface area contributed by atoms with Gasteiger partial charge >= 0.3 is 5.97 Å². The molecular formula is C17H23NO3S. The highest BCUT2D eigenvalue weighted by atomic mass is 32.2. The normalized spacial score (nSPS) is 25.1. The monoisotopic (exact) mass is 321 g/mol. The quantitative estimate of drug-likeness (QED) is 0.634. The number of rotatable bonds is 3. The van der Waals surface area contributed by atoms with Crippen molar-refractivity contribution in [3.63, 3.8) is 0 Å². The van der Waals surface area contributed by atoms with Crippen molar-refractivity contribution >= 4 is 24.1 Å². The van der Waals surface area contributed by atoms with Crippen LogP contribution in [-0.2, 0) is 14.3 Å². The van der Waals surface area contributed by atoms with Crippen LogP contribution < -0.4 is 0 Å². The molecule has 120 valence electrons. The van der Waals surface area contributed by atoms with Crippen molar-refractivity contribution in [2.45, 2.75) is 44.4 Å². The lowest BCUT2D eigenvalue weighted by atomic mass is 9.94. The molecule has 0 radical (unpaired) electrons. The van der Waals surface area contributed by atoms with Gasteiger partial charge in [-0.3, -0.25) is 4.79 Å². The molecule has 1 heterocycles. The Hall–Kier alpha value is -1.49. The van der Waals surface area contributed by atoms with Gasteiger partial charge in [0.05, 0.1) is 17.7 Å². The fraction of sp³-hybridized carbons (Fsp3) is 0.529. The molecule has 5 heteroatoms. The number of aryl methyl sites for hydroxylation is 1. The van der Waals surface area contributed by atoms with E-state index in [1.165, 1.54) is 12.7 Å². The number of hydrogen-bond donors (Lipinski definition) is 0. The lowest BCUT2D eigenvalue weighted by Crippen LogP contribution is -2.46. The molecule has 1 aromatic carbocycles. The Morgan fingerprint density at radius 3 is 2.32 bits per heavy atom. The van der Waals surface area contributed by atoms with Crippen LogP contribution >= 0.6 is 11.8 Å². The second-order valence-corrected chi connectivity index (χ2v) is 7.93. The van der Waals surface area contributed by atoms with Crippen LogP contribution in [0.1, 0.15) is 37.1 Å². The molecule has 0 N–H and O–H groups in total. The zero-order valence-corrected chi connectivity index (χ0v) is 14.5. The fourth-order valence-corrected chi connectivity index (χ4v) is 4.46. The number of methoxy groups -OCH3 is 1. The number of nitrogens with zero attached hydrogens (tertiary/aromatic N) is 1. The van der Waals surface area contributed by atoms with E-state index in [0.717, 1.165) is 12.0 Å². The van der Waals surface area contributed by atoms with Crippen LogP contribution in [-0.4, -0.2) is 35.8 Å². The van der Waals surface area contributed by atoms with E-state index in [1.807, 2.05) is 31.2 Å². The molecule has 0 bridgehead atoms. The summed E-state index contributed by atoms with van der Waals surface area (Å²) < 4.78 is 4.95. The third-order valence-corrected chi connectivity index (χ3v) is 5.90. The summed E-state index contributed by atoms with van der Waals surface area (Å²) in [5.41, 5.74) is 2.09. The molecule has 2 rings (SSSR count). The molecule has 4 nitrogen and oxygen atoms in total. The number of amides is 1. The number of hydrogen-bond acceptors (Lipinski definition) is 4. The molecule has 1 saturated heterocycles. The highest BCUT2D eigenvalue weighted by molar-refractivity contribution is 8.00. The van der Waals surface area contributed by atoms with Crippen LogP contribution in [0.3, 0.4) is 0 Å². The molecule has 22 heavy (non-hydrogen) atoms. The van der Waals surface area contributed by atoms with Crippen LogP contribution in [0.15, 0.2) is 24.3 Å². The summed E-state index contributed by atoms with van der Waals surface area (Å²) >= 11 is 1.65. The maximum atomic E-state index is 12.3. The lowest BCUT2D eigenvalue weighted by molar-refractivity contribution is -0.150. The first kappa shape index (κ1) is 16.9. The minimum Gasteiger partial charge on any atom is -0.467 e. The van der Waals surface area contributed by atoms with Crippen molar-refractivity contribution in [3.8, 4) is 0 Å². The van der Waals surface area contributed by atoms with Gasteiger partial charge in [-0.15, -0.1) is 11.8 Å². The fourth-order valence-electron chi connectivity index (χ4n) is 2.74. The van der Waals surface area contributed by atoms with Crippen molar-refractivity contribution in [2.24, 2.45) is 5.41 Å². The third kappa shape index (κ3) is 3.14. The van der Waals surface area contributed by atoms with E-state index in [4.69, 9.17) is 4.74 Å². The largest absolute Gasteiger partial charge is 0.467 e. The molecule has 0 spiro atoms. The Bertz CT molecular complexity index is 550. The van der Waals surface area contributed by atoms with Crippen molar-refractivity contribution in [2.75, 3.05) is 7.11 Å². The molecule has 1 aromatic rings. The van der Waals surface area contributed by atoms with E-state index < -0.39 is 6.04 Å². The summed E-state index contributed by atoms with van der Waals surface area (Å²) in [6.07, 6.45) is 0.776. The Labute approximate surface area is 136 Å². The first-order valence-corrected chi connectivity index (χ1v) is 8.26. The molecule has 3 atom stereocenters. The molecule has 1 aliphatic rings. The summed E-state index contributed by atoms with van der Waals surface area (Å²) in [6.45, 7) is 8.26. The number of carbonyl (C=O) groups is 2. The van der Waals surface area contributed by atoms with Gasteiger partial charge in [0.25, 0.3) is 0 Å². The second-order valence-electron chi connectivity index (χ2n) is 6.71. The van der Waals surface area contributed by atoms with Gasteiger partial charge in [0.15, 0.2) is 0 Å². The van der Waals surface area contributed by atoms with Crippen molar-refractivity contribution in [1.29, 1.82) is 0 Å². The van der Waals surface area contributed by atoms with Gasteiger partial charge in [0.1, 0.15) is 6.04 Å². The Morgan fingerprint density at radius 1 is 1.27 bits per heavy atom. The van der Waals surface area contributed by atoms with E-state index in [2.05, 4.69) is 20.8 Å². The molecule has 1 aliphatic heterocycles. The zero-order valence-electron chi connectivity index (χ0n) is 13.7. The number of carbonyl (C=O) groups excluding carboxylic acids is 2. The molecule has 0 unspecified atom stereocenters. The van der Waals surface area contributed by atoms with Crippen LogP contribution in [0.4, 0.5) is 0 Å². The molecule has 0 saturated carbocycles. The van der Waals surface area contributed by atoms with E-state index in [-0.39, 0.29) is 22.0 Å². The average molecular weight is 321 g/mol. The van der Waals surface area contributed by atoms with Crippen molar-refractivity contribution in [1.82, 2.24) is 4.90 Å². The van der Waals surface area contributed by atoms with E-state index >= 15 is 0 Å². The SMILES string of the molecule is COC(=O)[C@@H]1[C@@H](c2ccc(C)cc2)S[C@H](C(C)(C)C)N1C=O. The number of benzene rings is 1. The summed E-state index contributed by atoms with van der Waals surface area (Å²) in [6, 6.07) is 7.52. The maximum absolute atomic E-state index is 12.3. The number of thioether (sulfide) groups is 1. The second kappa shape index (κ2) is 6.32. The summed E-state index contributed by atoms with van der Waals surface area (Å²) in [4.78, 5) is 25.5. The predicted molar refractivity (Wildman–Crippen MR) is 88.5 cm³/mol. The van der Waals surface area contributed by atoms with Gasteiger partial charge in [-0.25, -0.2) is 4.79 Å². The summed E-state index contributed by atoms with van der Waals surface area (Å²) in [7, 11) is 1.37. The molecule has 1 amide bonds. The standard InChI is InChI=1S/C17H23NO3S/c1-11-6-8-12(9-7-11)14-13(15(20)21-5)18(10-19)16(22-14)17(2,3)4/h6-10,13-14,16H,1-5H3/t13-,14+,16+/m0/s1.